The first kappa shape index (κ1) is 10.9. The summed E-state index contributed by atoms with van der Waals surface area (Å²) in [6.45, 7) is 0. The molecule has 3 heteroatoms. The minimum atomic E-state index is -0.759. The lowest BCUT2D eigenvalue weighted by molar-refractivity contribution is -0.0355. The van der Waals surface area contributed by atoms with Gasteiger partial charge in [-0.25, -0.2) is 0 Å². The summed E-state index contributed by atoms with van der Waals surface area (Å²) in [4.78, 5) is 0. The lowest BCUT2D eigenvalue weighted by Gasteiger charge is -2.30. The van der Waals surface area contributed by atoms with Crippen LogP contribution in [0.5, 0.6) is 0 Å². The number of hydrogen-bond donors (Lipinski definition) is 1. The van der Waals surface area contributed by atoms with E-state index in [2.05, 4.69) is 0 Å². The summed E-state index contributed by atoms with van der Waals surface area (Å²) < 4.78 is 5.86. The van der Waals surface area contributed by atoms with Crippen molar-refractivity contribution < 1.29 is 9.52 Å². The largest absolute Gasteiger partial charge is 0.456 e. The maximum Gasteiger partial charge on any atom is 0.153 e. The van der Waals surface area contributed by atoms with Gasteiger partial charge in [-0.15, -0.1) is 0 Å². The van der Waals surface area contributed by atoms with Crippen LogP contribution in [0.25, 0.3) is 11.0 Å². The van der Waals surface area contributed by atoms with E-state index in [1.54, 1.807) is 0 Å². The molecular weight excluding hydrogens is 248 g/mol. The van der Waals surface area contributed by atoms with Gasteiger partial charge < -0.3 is 9.52 Å². The fraction of sp³-hybridized carbons (Fsp3) is 0.467. The van der Waals surface area contributed by atoms with Gasteiger partial charge in [0.1, 0.15) is 11.4 Å². The Kier molecular flexibility index (Phi) is 2.13. The molecule has 0 saturated heterocycles. The van der Waals surface area contributed by atoms with Crippen molar-refractivity contribution in [3.8, 4) is 0 Å². The van der Waals surface area contributed by atoms with Crippen molar-refractivity contribution in [3.05, 3.63) is 35.0 Å². The Labute approximate surface area is 111 Å². The minimum Gasteiger partial charge on any atom is -0.456 e. The number of rotatable bonds is 1. The lowest BCUT2D eigenvalue weighted by Crippen LogP contribution is -2.31. The Hall–Kier alpha value is -0.990. The fourth-order valence-corrected chi connectivity index (χ4v) is 4.06. The molecule has 2 nitrogen and oxygen atoms in total. The molecule has 0 spiro atoms. The highest BCUT2D eigenvalue weighted by Gasteiger charge is 2.52. The van der Waals surface area contributed by atoms with Crippen molar-refractivity contribution in [2.75, 3.05) is 0 Å². The third-order valence-electron chi connectivity index (χ3n) is 4.74. The smallest absolute Gasteiger partial charge is 0.153 e. The molecule has 1 N–H and O–H groups in total. The molecule has 1 aromatic carbocycles. The van der Waals surface area contributed by atoms with Crippen molar-refractivity contribution in [3.63, 3.8) is 0 Å². The van der Waals surface area contributed by atoms with Crippen molar-refractivity contribution in [2.45, 2.75) is 31.3 Å². The SMILES string of the molecule is OC1(c2cc3cccc(Cl)c3o2)CC2CCC1C2. The average Bonchev–Trinajstić information content (AvgIpc) is 3.00. The molecule has 18 heavy (non-hydrogen) atoms. The monoisotopic (exact) mass is 262 g/mol. The Balaban J connectivity index is 1.85. The van der Waals surface area contributed by atoms with E-state index in [0.29, 0.717) is 28.2 Å². The molecule has 1 aromatic heterocycles. The second-order valence-electron chi connectivity index (χ2n) is 5.77. The van der Waals surface area contributed by atoms with Gasteiger partial charge in [0.05, 0.1) is 5.02 Å². The van der Waals surface area contributed by atoms with Crippen LogP contribution in [-0.2, 0) is 5.60 Å². The number of aliphatic hydroxyl groups is 1. The summed E-state index contributed by atoms with van der Waals surface area (Å²) in [5, 5.41) is 12.5. The first-order valence-electron chi connectivity index (χ1n) is 6.58. The van der Waals surface area contributed by atoms with Crippen LogP contribution in [-0.4, -0.2) is 5.11 Å². The molecular formula is C15H15ClO2. The maximum absolute atomic E-state index is 10.9. The summed E-state index contributed by atoms with van der Waals surface area (Å²) in [6.07, 6.45) is 4.36. The second-order valence-corrected chi connectivity index (χ2v) is 6.18. The topological polar surface area (TPSA) is 33.4 Å². The van der Waals surface area contributed by atoms with Crippen LogP contribution >= 0.6 is 11.6 Å². The molecule has 2 aliphatic rings. The van der Waals surface area contributed by atoms with Crippen LogP contribution in [0.15, 0.2) is 28.7 Å². The van der Waals surface area contributed by atoms with E-state index in [1.165, 1.54) is 6.42 Å². The van der Waals surface area contributed by atoms with Crippen LogP contribution in [0, 0.1) is 11.8 Å². The van der Waals surface area contributed by atoms with Crippen LogP contribution in [0.4, 0.5) is 0 Å². The molecule has 0 amide bonds. The van der Waals surface area contributed by atoms with E-state index in [0.717, 1.165) is 24.6 Å². The summed E-state index contributed by atoms with van der Waals surface area (Å²) in [5.41, 5.74) is -0.0593. The summed E-state index contributed by atoms with van der Waals surface area (Å²) >= 11 is 6.13. The molecule has 2 bridgehead atoms. The average molecular weight is 263 g/mol. The van der Waals surface area contributed by atoms with E-state index in [-0.39, 0.29) is 0 Å². The highest BCUT2D eigenvalue weighted by Crippen LogP contribution is 2.56. The van der Waals surface area contributed by atoms with Crippen LogP contribution < -0.4 is 0 Å². The summed E-state index contributed by atoms with van der Waals surface area (Å²) in [6, 6.07) is 7.67. The van der Waals surface area contributed by atoms with Crippen LogP contribution in [0.3, 0.4) is 0 Å². The quantitative estimate of drug-likeness (QED) is 0.840. The molecule has 0 radical (unpaired) electrons. The molecule has 2 fully saturated rings. The molecule has 1 heterocycles. The van der Waals surface area contributed by atoms with E-state index >= 15 is 0 Å². The number of para-hydroxylation sites is 1. The zero-order valence-corrected chi connectivity index (χ0v) is 10.8. The normalized spacial score (nSPS) is 34.6. The zero-order valence-electron chi connectivity index (χ0n) is 10.0. The number of hydrogen-bond acceptors (Lipinski definition) is 2. The van der Waals surface area contributed by atoms with Gasteiger partial charge >= 0.3 is 0 Å². The number of halogens is 1. The standard InChI is InChI=1S/C15H15ClO2/c16-12-3-1-2-10-7-13(18-14(10)12)15(17)8-9-4-5-11(15)6-9/h1-3,7,9,11,17H,4-6,8H2. The predicted molar refractivity (Wildman–Crippen MR) is 70.6 cm³/mol. The maximum atomic E-state index is 10.9. The number of furan rings is 1. The van der Waals surface area contributed by atoms with Gasteiger partial charge in [-0.3, -0.25) is 0 Å². The Bertz CT molecular complexity index is 618. The van der Waals surface area contributed by atoms with Gasteiger partial charge in [0.25, 0.3) is 0 Å². The summed E-state index contributed by atoms with van der Waals surface area (Å²) in [7, 11) is 0. The number of benzene rings is 1. The van der Waals surface area contributed by atoms with Crippen LogP contribution in [0.2, 0.25) is 5.02 Å². The van der Waals surface area contributed by atoms with Crippen molar-refractivity contribution in [1.29, 1.82) is 0 Å². The van der Waals surface area contributed by atoms with E-state index in [4.69, 9.17) is 16.0 Å². The Morgan fingerprint density at radius 2 is 2.22 bits per heavy atom. The fourth-order valence-electron chi connectivity index (χ4n) is 3.84. The van der Waals surface area contributed by atoms with Gasteiger partial charge in [0, 0.05) is 5.39 Å². The van der Waals surface area contributed by atoms with E-state index in [1.807, 2.05) is 24.3 Å². The number of fused-ring (bicyclic) bond motifs is 3. The van der Waals surface area contributed by atoms with Gasteiger partial charge in [0.2, 0.25) is 0 Å². The lowest BCUT2D eigenvalue weighted by atomic mass is 9.82. The Morgan fingerprint density at radius 3 is 2.89 bits per heavy atom. The molecule has 3 atom stereocenters. The van der Waals surface area contributed by atoms with Gasteiger partial charge in [0.15, 0.2) is 5.58 Å². The molecule has 2 aromatic rings. The first-order valence-corrected chi connectivity index (χ1v) is 6.95. The molecule has 0 aliphatic heterocycles. The third-order valence-corrected chi connectivity index (χ3v) is 5.04. The van der Waals surface area contributed by atoms with Crippen molar-refractivity contribution in [2.24, 2.45) is 11.8 Å². The molecule has 4 rings (SSSR count). The molecule has 2 saturated carbocycles. The highest BCUT2D eigenvalue weighted by atomic mass is 35.5. The molecule has 94 valence electrons. The van der Waals surface area contributed by atoms with Crippen molar-refractivity contribution in [1.82, 2.24) is 0 Å². The molecule has 2 aliphatic carbocycles. The van der Waals surface area contributed by atoms with E-state index in [9.17, 15) is 5.11 Å². The van der Waals surface area contributed by atoms with Crippen molar-refractivity contribution >= 4 is 22.6 Å². The van der Waals surface area contributed by atoms with Crippen LogP contribution in [0.1, 0.15) is 31.4 Å². The third kappa shape index (κ3) is 1.33. The predicted octanol–water partition coefficient (Wildman–Crippen LogP) is 4.09. The molecule has 3 unspecified atom stereocenters. The Morgan fingerprint density at radius 1 is 1.33 bits per heavy atom. The first-order chi connectivity index (χ1) is 8.67. The summed E-state index contributed by atoms with van der Waals surface area (Å²) in [5.74, 6) is 1.74. The highest BCUT2D eigenvalue weighted by molar-refractivity contribution is 6.34. The van der Waals surface area contributed by atoms with Gasteiger partial charge in [-0.2, -0.15) is 0 Å². The zero-order chi connectivity index (χ0) is 12.3. The van der Waals surface area contributed by atoms with E-state index < -0.39 is 5.60 Å². The second kappa shape index (κ2) is 3.52. The van der Waals surface area contributed by atoms with Gasteiger partial charge in [-0.05, 0) is 49.7 Å². The minimum absolute atomic E-state index is 0.363. The van der Waals surface area contributed by atoms with Gasteiger partial charge in [-0.1, -0.05) is 23.7 Å².